The Balaban J connectivity index is 1.92. The molecule has 0 radical (unpaired) electrons. The molecule has 0 bridgehead atoms. The maximum absolute atomic E-state index is 5.90. The Morgan fingerprint density at radius 1 is 1.23 bits per heavy atom. The number of nitrogens with zero attached hydrogens (tertiary/aromatic N) is 1. The Hall–Kier alpha value is -1.43. The monoisotopic (exact) mass is 364 g/mol. The van der Waals surface area contributed by atoms with Crippen molar-refractivity contribution < 1.29 is 9.47 Å². The van der Waals surface area contributed by atoms with Crippen LogP contribution in [-0.4, -0.2) is 24.7 Å². The van der Waals surface area contributed by atoms with Crippen LogP contribution in [0, 0.1) is 0 Å². The molecule has 0 fully saturated rings. The van der Waals surface area contributed by atoms with Gasteiger partial charge in [0.2, 0.25) is 0 Å². The SMILES string of the molecule is CCOCCNCc1cc(Br)ccc1OCc1ccccn1. The molecular formula is C17H21BrN2O2. The van der Waals surface area contributed by atoms with Gasteiger partial charge in [-0.1, -0.05) is 22.0 Å². The van der Waals surface area contributed by atoms with Crippen molar-refractivity contribution in [3.8, 4) is 5.75 Å². The minimum absolute atomic E-state index is 0.467. The molecule has 1 aromatic heterocycles. The van der Waals surface area contributed by atoms with Crippen molar-refractivity contribution in [2.24, 2.45) is 0 Å². The second kappa shape index (κ2) is 9.56. The van der Waals surface area contributed by atoms with E-state index in [4.69, 9.17) is 9.47 Å². The first kappa shape index (κ1) is 16.9. The van der Waals surface area contributed by atoms with Crippen LogP contribution >= 0.6 is 15.9 Å². The predicted octanol–water partition coefficient (Wildman–Crippen LogP) is 3.55. The van der Waals surface area contributed by atoms with Crippen molar-refractivity contribution in [2.45, 2.75) is 20.1 Å². The second-order valence-corrected chi connectivity index (χ2v) is 5.65. The van der Waals surface area contributed by atoms with E-state index in [2.05, 4.69) is 32.3 Å². The summed E-state index contributed by atoms with van der Waals surface area (Å²) in [5, 5.41) is 3.36. The van der Waals surface area contributed by atoms with Gasteiger partial charge in [0, 0.05) is 35.9 Å². The Morgan fingerprint density at radius 2 is 2.14 bits per heavy atom. The molecule has 0 saturated carbocycles. The highest BCUT2D eigenvalue weighted by atomic mass is 79.9. The van der Waals surface area contributed by atoms with Crippen molar-refractivity contribution in [3.05, 3.63) is 58.3 Å². The van der Waals surface area contributed by atoms with Crippen molar-refractivity contribution in [3.63, 3.8) is 0 Å². The van der Waals surface area contributed by atoms with Crippen LogP contribution in [0.4, 0.5) is 0 Å². The number of pyridine rings is 1. The van der Waals surface area contributed by atoms with Crippen LogP contribution in [0.5, 0.6) is 5.75 Å². The molecule has 0 aliphatic carbocycles. The quantitative estimate of drug-likeness (QED) is 0.691. The molecule has 0 spiro atoms. The van der Waals surface area contributed by atoms with Crippen LogP contribution in [0.1, 0.15) is 18.2 Å². The third-order valence-corrected chi connectivity index (χ3v) is 3.56. The van der Waals surface area contributed by atoms with Gasteiger partial charge in [-0.2, -0.15) is 0 Å². The van der Waals surface area contributed by atoms with Crippen LogP contribution in [-0.2, 0) is 17.9 Å². The maximum atomic E-state index is 5.90. The zero-order valence-corrected chi connectivity index (χ0v) is 14.3. The van der Waals surface area contributed by atoms with E-state index in [0.717, 1.165) is 41.2 Å². The Labute approximate surface area is 140 Å². The number of rotatable bonds is 9. The molecule has 22 heavy (non-hydrogen) atoms. The number of hydrogen-bond acceptors (Lipinski definition) is 4. The van der Waals surface area contributed by atoms with Gasteiger partial charge in [0.15, 0.2) is 0 Å². The summed E-state index contributed by atoms with van der Waals surface area (Å²) in [6.07, 6.45) is 1.77. The average Bonchev–Trinajstić information content (AvgIpc) is 2.55. The smallest absolute Gasteiger partial charge is 0.130 e. The van der Waals surface area contributed by atoms with E-state index in [-0.39, 0.29) is 0 Å². The minimum Gasteiger partial charge on any atom is -0.487 e. The molecule has 118 valence electrons. The molecule has 2 aromatic rings. The third kappa shape index (κ3) is 5.75. The Bertz CT molecular complexity index is 564. The van der Waals surface area contributed by atoms with E-state index >= 15 is 0 Å². The minimum atomic E-state index is 0.467. The zero-order chi connectivity index (χ0) is 15.6. The van der Waals surface area contributed by atoms with E-state index in [1.807, 2.05) is 37.3 Å². The van der Waals surface area contributed by atoms with Crippen LogP contribution in [0.25, 0.3) is 0 Å². The highest BCUT2D eigenvalue weighted by Crippen LogP contribution is 2.24. The standard InChI is InChI=1S/C17H21BrN2O2/c1-2-21-10-9-19-12-14-11-15(18)6-7-17(14)22-13-16-5-3-4-8-20-16/h3-8,11,19H,2,9-10,12-13H2,1H3. The van der Waals surface area contributed by atoms with Gasteiger partial charge in [-0.3, -0.25) is 4.98 Å². The van der Waals surface area contributed by atoms with Crippen molar-refractivity contribution >= 4 is 15.9 Å². The van der Waals surface area contributed by atoms with E-state index in [0.29, 0.717) is 13.2 Å². The van der Waals surface area contributed by atoms with Gasteiger partial charge in [-0.15, -0.1) is 0 Å². The fourth-order valence-corrected chi connectivity index (χ4v) is 2.38. The number of aromatic nitrogens is 1. The predicted molar refractivity (Wildman–Crippen MR) is 90.9 cm³/mol. The molecule has 2 rings (SSSR count). The first-order valence-corrected chi connectivity index (χ1v) is 8.18. The molecule has 0 atom stereocenters. The summed E-state index contributed by atoms with van der Waals surface area (Å²) < 4.78 is 12.3. The first-order valence-electron chi connectivity index (χ1n) is 7.39. The lowest BCUT2D eigenvalue weighted by molar-refractivity contribution is 0.149. The largest absolute Gasteiger partial charge is 0.487 e. The van der Waals surface area contributed by atoms with Gasteiger partial charge in [0.25, 0.3) is 0 Å². The lowest BCUT2D eigenvalue weighted by atomic mass is 10.2. The summed E-state index contributed by atoms with van der Waals surface area (Å²) in [6.45, 7) is 5.49. The highest BCUT2D eigenvalue weighted by Gasteiger charge is 2.05. The number of hydrogen-bond donors (Lipinski definition) is 1. The molecule has 1 aromatic carbocycles. The van der Waals surface area contributed by atoms with Crippen LogP contribution < -0.4 is 10.1 Å². The lowest BCUT2D eigenvalue weighted by Gasteiger charge is -2.13. The molecule has 0 amide bonds. The number of ether oxygens (including phenoxy) is 2. The second-order valence-electron chi connectivity index (χ2n) is 4.74. The van der Waals surface area contributed by atoms with Crippen LogP contribution in [0.2, 0.25) is 0 Å². The molecule has 0 saturated heterocycles. The Morgan fingerprint density at radius 3 is 2.91 bits per heavy atom. The van der Waals surface area contributed by atoms with Crippen molar-refractivity contribution in [1.29, 1.82) is 0 Å². The normalized spacial score (nSPS) is 10.6. The lowest BCUT2D eigenvalue weighted by Crippen LogP contribution is -2.19. The molecule has 4 nitrogen and oxygen atoms in total. The topological polar surface area (TPSA) is 43.4 Å². The molecule has 0 aliphatic heterocycles. The zero-order valence-electron chi connectivity index (χ0n) is 12.7. The molecule has 1 heterocycles. The first-order chi connectivity index (χ1) is 10.8. The van der Waals surface area contributed by atoms with Gasteiger partial charge in [0.1, 0.15) is 12.4 Å². The highest BCUT2D eigenvalue weighted by molar-refractivity contribution is 9.10. The summed E-state index contributed by atoms with van der Waals surface area (Å²) in [6, 6.07) is 11.9. The average molecular weight is 365 g/mol. The van der Waals surface area contributed by atoms with E-state index in [1.165, 1.54) is 0 Å². The Kier molecular flexibility index (Phi) is 7.36. The van der Waals surface area contributed by atoms with Gasteiger partial charge in [-0.05, 0) is 37.3 Å². The van der Waals surface area contributed by atoms with Crippen LogP contribution in [0.15, 0.2) is 47.1 Å². The molecular weight excluding hydrogens is 344 g/mol. The third-order valence-electron chi connectivity index (χ3n) is 3.07. The summed E-state index contributed by atoms with van der Waals surface area (Å²) in [5.74, 6) is 0.873. The number of halogens is 1. The van der Waals surface area contributed by atoms with Gasteiger partial charge < -0.3 is 14.8 Å². The molecule has 0 aliphatic rings. The fourth-order valence-electron chi connectivity index (χ4n) is 1.97. The van der Waals surface area contributed by atoms with E-state index in [9.17, 15) is 0 Å². The van der Waals surface area contributed by atoms with E-state index in [1.54, 1.807) is 6.20 Å². The van der Waals surface area contributed by atoms with E-state index < -0.39 is 0 Å². The van der Waals surface area contributed by atoms with Crippen molar-refractivity contribution in [2.75, 3.05) is 19.8 Å². The molecule has 0 unspecified atom stereocenters. The van der Waals surface area contributed by atoms with Gasteiger partial charge >= 0.3 is 0 Å². The summed E-state index contributed by atoms with van der Waals surface area (Å²) >= 11 is 3.51. The molecule has 5 heteroatoms. The number of nitrogens with one attached hydrogen (secondary N) is 1. The fraction of sp³-hybridized carbons (Fsp3) is 0.353. The number of benzene rings is 1. The van der Waals surface area contributed by atoms with Gasteiger partial charge in [-0.25, -0.2) is 0 Å². The van der Waals surface area contributed by atoms with Crippen molar-refractivity contribution in [1.82, 2.24) is 10.3 Å². The van der Waals surface area contributed by atoms with Gasteiger partial charge in [0.05, 0.1) is 12.3 Å². The molecule has 1 N–H and O–H groups in total. The summed E-state index contributed by atoms with van der Waals surface area (Å²) in [4.78, 5) is 4.27. The maximum Gasteiger partial charge on any atom is 0.130 e. The van der Waals surface area contributed by atoms with Crippen LogP contribution in [0.3, 0.4) is 0 Å². The summed E-state index contributed by atoms with van der Waals surface area (Å²) in [5.41, 5.74) is 2.03. The summed E-state index contributed by atoms with van der Waals surface area (Å²) in [7, 11) is 0.